The first kappa shape index (κ1) is 16.1. The second-order valence-electron chi connectivity index (χ2n) is 3.71. The molecule has 4 nitrogen and oxygen atoms in total. The van der Waals surface area contributed by atoms with Crippen LogP contribution in [0.25, 0.3) is 0 Å². The third-order valence-electron chi connectivity index (χ3n) is 2.30. The van der Waals surface area contributed by atoms with Crippen LogP contribution in [0.5, 0.6) is 0 Å². The van der Waals surface area contributed by atoms with E-state index in [0.29, 0.717) is 18.4 Å². The Kier molecular flexibility index (Phi) is 6.79. The predicted octanol–water partition coefficient (Wildman–Crippen LogP) is 2.53. The van der Waals surface area contributed by atoms with E-state index in [9.17, 15) is 8.42 Å². The van der Waals surface area contributed by atoms with Crippen molar-refractivity contribution in [2.24, 2.45) is 0 Å². The van der Waals surface area contributed by atoms with Crippen LogP contribution in [0, 0.1) is 0 Å². The van der Waals surface area contributed by atoms with Gasteiger partial charge in [0.2, 0.25) is 10.0 Å². The maximum atomic E-state index is 12.1. The molecule has 1 atom stereocenters. The minimum atomic E-state index is -3.48. The number of benzene rings is 1. The normalized spacial score (nSPS) is 13.5. The Bertz CT molecular complexity index is 462. The Morgan fingerprint density at radius 1 is 1.33 bits per heavy atom. The average molecular weight is 401 g/mol. The first-order valence-corrected chi connectivity index (χ1v) is 8.72. The van der Waals surface area contributed by atoms with Crippen molar-refractivity contribution in [3.05, 3.63) is 28.7 Å². The zero-order valence-electron chi connectivity index (χ0n) is 9.90. The first-order chi connectivity index (χ1) is 8.49. The van der Waals surface area contributed by atoms with Crippen LogP contribution in [-0.4, -0.2) is 33.5 Å². The molecule has 0 saturated heterocycles. The highest BCUT2D eigenvalue weighted by Gasteiger charge is 2.19. The summed E-state index contributed by atoms with van der Waals surface area (Å²) in [5, 5.41) is 0.548. The third kappa shape index (κ3) is 4.97. The molecule has 0 spiro atoms. The monoisotopic (exact) mass is 399 g/mol. The Labute approximate surface area is 124 Å². The summed E-state index contributed by atoms with van der Waals surface area (Å²) in [5.41, 5.74) is 0. The fourth-order valence-electron chi connectivity index (χ4n) is 1.33. The summed E-state index contributed by atoms with van der Waals surface area (Å²) in [6, 6.07) is 6.35. The molecule has 0 radical (unpaired) electrons. The minimum Gasteiger partial charge on any atom is -0.385 e. The smallest absolute Gasteiger partial charge is 0.240 e. The molecule has 0 aliphatic rings. The van der Waals surface area contributed by atoms with Crippen LogP contribution in [0.15, 0.2) is 33.6 Å². The molecule has 18 heavy (non-hydrogen) atoms. The number of alkyl halides is 1. The Hall–Kier alpha value is 0.0500. The van der Waals surface area contributed by atoms with E-state index in [2.05, 4.69) is 36.6 Å². The van der Waals surface area contributed by atoms with Gasteiger partial charge in [-0.05, 0) is 30.7 Å². The summed E-state index contributed by atoms with van der Waals surface area (Å²) in [6.45, 7) is 0.513. The lowest BCUT2D eigenvalue weighted by molar-refractivity contribution is 0.188. The molecular formula is C11H15Br2NO3S. The lowest BCUT2D eigenvalue weighted by atomic mass is 10.3. The number of halogens is 2. The maximum Gasteiger partial charge on any atom is 0.240 e. The Balaban J connectivity index is 2.77. The van der Waals surface area contributed by atoms with Crippen molar-refractivity contribution in [2.75, 3.05) is 19.0 Å². The van der Waals surface area contributed by atoms with Crippen molar-refractivity contribution >= 4 is 41.9 Å². The number of nitrogens with one attached hydrogen (secondary N) is 1. The molecule has 0 heterocycles. The lowest BCUT2D eigenvalue weighted by Crippen LogP contribution is -2.36. The van der Waals surface area contributed by atoms with Crippen molar-refractivity contribution in [1.29, 1.82) is 0 Å². The van der Waals surface area contributed by atoms with Crippen molar-refractivity contribution in [3.63, 3.8) is 0 Å². The van der Waals surface area contributed by atoms with E-state index in [0.717, 1.165) is 4.47 Å². The number of ether oxygens (including phenoxy) is 1. The van der Waals surface area contributed by atoms with Gasteiger partial charge in [-0.3, -0.25) is 0 Å². The van der Waals surface area contributed by atoms with Crippen LogP contribution in [0.2, 0.25) is 0 Å². The molecule has 7 heteroatoms. The van der Waals surface area contributed by atoms with Crippen molar-refractivity contribution in [1.82, 2.24) is 4.72 Å². The minimum absolute atomic E-state index is 0.182. The second kappa shape index (κ2) is 7.59. The molecule has 0 aromatic heterocycles. The van der Waals surface area contributed by atoms with Crippen LogP contribution >= 0.6 is 31.9 Å². The Morgan fingerprint density at radius 3 is 2.44 bits per heavy atom. The summed E-state index contributed by atoms with van der Waals surface area (Å²) in [5.74, 6) is 0. The standard InChI is InChI=1S/C11H15Br2NO3S/c1-17-7-6-10(8-12)14-18(15,16)11-4-2-9(13)3-5-11/h2-5,10,14H,6-8H2,1H3. The van der Waals surface area contributed by atoms with Gasteiger partial charge in [0, 0.05) is 29.6 Å². The summed E-state index contributed by atoms with van der Waals surface area (Å²) in [4.78, 5) is 0.258. The van der Waals surface area contributed by atoms with Gasteiger partial charge in [-0.25, -0.2) is 13.1 Å². The molecule has 0 bridgehead atoms. The molecule has 0 amide bonds. The zero-order chi connectivity index (χ0) is 13.6. The molecular weight excluding hydrogens is 386 g/mol. The molecule has 1 aromatic rings. The maximum absolute atomic E-state index is 12.1. The molecule has 0 aliphatic carbocycles. The predicted molar refractivity (Wildman–Crippen MR) is 78.5 cm³/mol. The van der Waals surface area contributed by atoms with Gasteiger partial charge in [0.1, 0.15) is 0 Å². The highest BCUT2D eigenvalue weighted by Crippen LogP contribution is 2.15. The van der Waals surface area contributed by atoms with Crippen molar-refractivity contribution in [2.45, 2.75) is 17.4 Å². The largest absolute Gasteiger partial charge is 0.385 e. The number of hydrogen-bond acceptors (Lipinski definition) is 3. The summed E-state index contributed by atoms with van der Waals surface area (Å²) in [7, 11) is -1.88. The van der Waals surface area contributed by atoms with Gasteiger partial charge in [-0.15, -0.1) is 0 Å². The van der Waals surface area contributed by atoms with Crippen LogP contribution in [0.4, 0.5) is 0 Å². The first-order valence-electron chi connectivity index (χ1n) is 5.32. The van der Waals surface area contributed by atoms with Crippen molar-refractivity contribution < 1.29 is 13.2 Å². The van der Waals surface area contributed by atoms with Crippen LogP contribution in [0.3, 0.4) is 0 Å². The van der Waals surface area contributed by atoms with Crippen LogP contribution in [-0.2, 0) is 14.8 Å². The molecule has 1 N–H and O–H groups in total. The van der Waals surface area contributed by atoms with E-state index in [1.807, 2.05) is 0 Å². The van der Waals surface area contributed by atoms with E-state index in [-0.39, 0.29) is 10.9 Å². The van der Waals surface area contributed by atoms with E-state index >= 15 is 0 Å². The Morgan fingerprint density at radius 2 is 1.94 bits per heavy atom. The molecule has 0 aliphatic heterocycles. The number of sulfonamides is 1. The SMILES string of the molecule is COCCC(CBr)NS(=O)(=O)c1ccc(Br)cc1. The topological polar surface area (TPSA) is 55.4 Å². The third-order valence-corrected chi connectivity index (χ3v) is 5.15. The summed E-state index contributed by atoms with van der Waals surface area (Å²) >= 11 is 6.56. The van der Waals surface area contributed by atoms with Gasteiger partial charge in [0.15, 0.2) is 0 Å². The fraction of sp³-hybridized carbons (Fsp3) is 0.455. The number of hydrogen-bond donors (Lipinski definition) is 1. The highest BCUT2D eigenvalue weighted by molar-refractivity contribution is 9.10. The van der Waals surface area contributed by atoms with Gasteiger partial charge in [-0.1, -0.05) is 31.9 Å². The van der Waals surface area contributed by atoms with Gasteiger partial charge in [-0.2, -0.15) is 0 Å². The van der Waals surface area contributed by atoms with Crippen LogP contribution in [0.1, 0.15) is 6.42 Å². The summed E-state index contributed by atoms with van der Waals surface area (Å²) < 4.78 is 32.6. The molecule has 1 aromatic carbocycles. The van der Waals surface area contributed by atoms with Gasteiger partial charge >= 0.3 is 0 Å². The molecule has 0 fully saturated rings. The average Bonchev–Trinajstić information content (AvgIpc) is 2.35. The molecule has 1 rings (SSSR count). The van der Waals surface area contributed by atoms with E-state index in [1.54, 1.807) is 31.4 Å². The lowest BCUT2D eigenvalue weighted by Gasteiger charge is -2.16. The quantitative estimate of drug-likeness (QED) is 0.715. The van der Waals surface area contributed by atoms with E-state index in [4.69, 9.17) is 4.74 Å². The van der Waals surface area contributed by atoms with Crippen molar-refractivity contribution in [3.8, 4) is 0 Å². The summed E-state index contributed by atoms with van der Waals surface area (Å²) in [6.07, 6.45) is 0.623. The van der Waals surface area contributed by atoms with E-state index in [1.165, 1.54) is 0 Å². The number of rotatable bonds is 7. The van der Waals surface area contributed by atoms with Crippen LogP contribution < -0.4 is 4.72 Å². The number of methoxy groups -OCH3 is 1. The van der Waals surface area contributed by atoms with E-state index < -0.39 is 10.0 Å². The second-order valence-corrected chi connectivity index (χ2v) is 6.99. The van der Waals surface area contributed by atoms with Gasteiger partial charge in [0.05, 0.1) is 4.90 Å². The molecule has 0 saturated carbocycles. The zero-order valence-corrected chi connectivity index (χ0v) is 13.9. The molecule has 102 valence electrons. The van der Waals surface area contributed by atoms with Gasteiger partial charge in [0.25, 0.3) is 0 Å². The molecule has 1 unspecified atom stereocenters. The van der Waals surface area contributed by atoms with Gasteiger partial charge < -0.3 is 4.74 Å². The fourth-order valence-corrected chi connectivity index (χ4v) is 3.56. The highest BCUT2D eigenvalue weighted by atomic mass is 79.9.